The number of ether oxygens (including phenoxy) is 1. The van der Waals surface area contributed by atoms with Crippen LogP contribution in [0.1, 0.15) is 12.0 Å². The predicted octanol–water partition coefficient (Wildman–Crippen LogP) is 2.39. The molecule has 0 N–H and O–H groups in total. The number of hydrogen-bond acceptors (Lipinski definition) is 3. The fourth-order valence-corrected chi connectivity index (χ4v) is 1.52. The summed E-state index contributed by atoms with van der Waals surface area (Å²) in [5.41, 5.74) is 1.14. The minimum absolute atomic E-state index is 0.848. The Morgan fingerprint density at radius 2 is 2.35 bits per heavy atom. The van der Waals surface area contributed by atoms with Crippen molar-refractivity contribution in [2.24, 2.45) is 0 Å². The topological polar surface area (TPSA) is 39.9 Å². The first kappa shape index (κ1) is 11.4. The van der Waals surface area contributed by atoms with Gasteiger partial charge in [-0.2, -0.15) is 5.10 Å². The van der Waals surface area contributed by atoms with E-state index in [9.17, 15) is 0 Å². The third-order valence-electron chi connectivity index (χ3n) is 2.40. The van der Waals surface area contributed by atoms with E-state index in [0.29, 0.717) is 0 Å². The lowest BCUT2D eigenvalue weighted by Crippen LogP contribution is -1.96. The largest absolute Gasteiger partial charge is 0.497 e. The van der Waals surface area contributed by atoms with Crippen LogP contribution in [0.25, 0.3) is 6.08 Å². The number of aromatic nitrogens is 3. The number of hydrogen-bond donors (Lipinski definition) is 0. The summed E-state index contributed by atoms with van der Waals surface area (Å²) in [5, 5.41) is 4.04. The fourth-order valence-electron chi connectivity index (χ4n) is 1.52. The second-order valence-corrected chi connectivity index (χ2v) is 3.63. The van der Waals surface area contributed by atoms with Crippen molar-refractivity contribution in [1.82, 2.24) is 14.8 Å². The van der Waals surface area contributed by atoms with Gasteiger partial charge in [-0.3, -0.25) is 4.68 Å². The lowest BCUT2D eigenvalue weighted by Gasteiger charge is -2.00. The number of allylic oxidation sites excluding steroid dienone is 1. The van der Waals surface area contributed by atoms with Crippen molar-refractivity contribution < 1.29 is 4.74 Å². The monoisotopic (exact) mass is 229 g/mol. The van der Waals surface area contributed by atoms with Crippen molar-refractivity contribution in [3.63, 3.8) is 0 Å². The molecular weight excluding hydrogens is 214 g/mol. The standard InChI is InChI=1S/C13H15N3O/c1-17-13-7-4-6-12(9-13)5-2-3-8-16-11-14-10-15-16/h2,4-7,9-11H,3,8H2,1H3/b5-2+. The van der Waals surface area contributed by atoms with Crippen LogP contribution in [0.3, 0.4) is 0 Å². The minimum atomic E-state index is 0.848. The molecular formula is C13H15N3O. The molecule has 17 heavy (non-hydrogen) atoms. The first-order chi connectivity index (χ1) is 8.38. The van der Waals surface area contributed by atoms with Gasteiger partial charge in [0.05, 0.1) is 7.11 Å². The molecule has 0 amide bonds. The van der Waals surface area contributed by atoms with Crippen LogP contribution in [0.4, 0.5) is 0 Å². The van der Waals surface area contributed by atoms with Gasteiger partial charge in [0.15, 0.2) is 0 Å². The van der Waals surface area contributed by atoms with Crippen molar-refractivity contribution in [3.8, 4) is 5.75 Å². The highest BCUT2D eigenvalue weighted by Crippen LogP contribution is 2.13. The van der Waals surface area contributed by atoms with Crippen LogP contribution < -0.4 is 4.74 Å². The van der Waals surface area contributed by atoms with Gasteiger partial charge in [0.1, 0.15) is 18.4 Å². The summed E-state index contributed by atoms with van der Waals surface area (Å²) in [7, 11) is 1.67. The van der Waals surface area contributed by atoms with E-state index in [2.05, 4.69) is 28.3 Å². The van der Waals surface area contributed by atoms with Crippen molar-refractivity contribution >= 4 is 6.08 Å². The summed E-state index contributed by atoms with van der Waals surface area (Å²) in [6.45, 7) is 0.848. The van der Waals surface area contributed by atoms with Crippen molar-refractivity contribution in [2.75, 3.05) is 7.11 Å². The third kappa shape index (κ3) is 3.45. The third-order valence-corrected chi connectivity index (χ3v) is 2.40. The molecule has 0 unspecified atom stereocenters. The molecule has 4 heteroatoms. The molecule has 0 aliphatic carbocycles. The van der Waals surface area contributed by atoms with E-state index in [1.807, 2.05) is 22.9 Å². The van der Waals surface area contributed by atoms with Crippen LogP contribution in [0.2, 0.25) is 0 Å². The maximum Gasteiger partial charge on any atom is 0.137 e. The summed E-state index contributed by atoms with van der Waals surface area (Å²) >= 11 is 0. The van der Waals surface area contributed by atoms with E-state index in [1.165, 1.54) is 0 Å². The maximum absolute atomic E-state index is 5.16. The van der Waals surface area contributed by atoms with E-state index in [0.717, 1.165) is 24.3 Å². The number of nitrogens with zero attached hydrogens (tertiary/aromatic N) is 3. The van der Waals surface area contributed by atoms with Gasteiger partial charge in [-0.05, 0) is 24.1 Å². The van der Waals surface area contributed by atoms with E-state index < -0.39 is 0 Å². The molecule has 0 bridgehead atoms. The van der Waals surface area contributed by atoms with Gasteiger partial charge in [0, 0.05) is 6.54 Å². The zero-order valence-corrected chi connectivity index (χ0v) is 9.78. The SMILES string of the molecule is COc1cccc(/C=C/CCn2cncn2)c1. The van der Waals surface area contributed by atoms with E-state index in [-0.39, 0.29) is 0 Å². The number of benzene rings is 1. The molecule has 2 aromatic rings. The Balaban J connectivity index is 1.87. The van der Waals surface area contributed by atoms with E-state index in [1.54, 1.807) is 19.8 Å². The smallest absolute Gasteiger partial charge is 0.137 e. The molecule has 0 aliphatic rings. The molecule has 0 saturated heterocycles. The quantitative estimate of drug-likeness (QED) is 0.790. The van der Waals surface area contributed by atoms with Crippen LogP contribution in [-0.4, -0.2) is 21.9 Å². The first-order valence-electron chi connectivity index (χ1n) is 5.51. The molecule has 4 nitrogen and oxygen atoms in total. The molecule has 0 atom stereocenters. The molecule has 0 saturated carbocycles. The Labute approximate surface area is 101 Å². The number of rotatable bonds is 5. The van der Waals surface area contributed by atoms with Crippen LogP contribution in [0.5, 0.6) is 5.75 Å². The normalized spacial score (nSPS) is 10.9. The average Bonchev–Trinajstić information content (AvgIpc) is 2.88. The van der Waals surface area contributed by atoms with Gasteiger partial charge in [0.25, 0.3) is 0 Å². The summed E-state index contributed by atoms with van der Waals surface area (Å²) in [5.74, 6) is 0.878. The highest BCUT2D eigenvalue weighted by Gasteiger charge is 1.91. The van der Waals surface area contributed by atoms with E-state index >= 15 is 0 Å². The lowest BCUT2D eigenvalue weighted by atomic mass is 10.2. The van der Waals surface area contributed by atoms with Crippen LogP contribution in [0.15, 0.2) is 43.0 Å². The molecule has 2 rings (SSSR count). The zero-order valence-electron chi connectivity index (χ0n) is 9.78. The van der Waals surface area contributed by atoms with Crippen LogP contribution in [-0.2, 0) is 6.54 Å². The molecule has 1 aromatic carbocycles. The van der Waals surface area contributed by atoms with Crippen molar-refractivity contribution in [1.29, 1.82) is 0 Å². The van der Waals surface area contributed by atoms with Crippen molar-refractivity contribution in [2.45, 2.75) is 13.0 Å². The lowest BCUT2D eigenvalue weighted by molar-refractivity contribution is 0.414. The zero-order chi connectivity index (χ0) is 11.9. The predicted molar refractivity (Wildman–Crippen MR) is 66.7 cm³/mol. The summed E-state index contributed by atoms with van der Waals surface area (Å²) in [6, 6.07) is 7.98. The summed E-state index contributed by atoms with van der Waals surface area (Å²) in [4.78, 5) is 3.89. The molecule has 1 aromatic heterocycles. The van der Waals surface area contributed by atoms with Gasteiger partial charge < -0.3 is 4.74 Å². The molecule has 0 spiro atoms. The van der Waals surface area contributed by atoms with Gasteiger partial charge in [-0.15, -0.1) is 0 Å². The summed E-state index contributed by atoms with van der Waals surface area (Å²) < 4.78 is 6.98. The Bertz CT molecular complexity index is 477. The minimum Gasteiger partial charge on any atom is -0.497 e. The second-order valence-electron chi connectivity index (χ2n) is 3.63. The summed E-state index contributed by atoms with van der Waals surface area (Å²) in [6.07, 6.45) is 8.40. The highest BCUT2D eigenvalue weighted by molar-refractivity contribution is 5.51. The van der Waals surface area contributed by atoms with Gasteiger partial charge in [0.2, 0.25) is 0 Å². The van der Waals surface area contributed by atoms with Gasteiger partial charge in [-0.1, -0.05) is 24.3 Å². The Morgan fingerprint density at radius 1 is 1.41 bits per heavy atom. The van der Waals surface area contributed by atoms with Crippen LogP contribution >= 0.6 is 0 Å². The Hall–Kier alpha value is -2.10. The number of aryl methyl sites for hydroxylation is 1. The molecule has 88 valence electrons. The molecule has 0 aliphatic heterocycles. The average molecular weight is 229 g/mol. The molecule has 1 heterocycles. The first-order valence-corrected chi connectivity index (χ1v) is 5.51. The molecule has 0 fully saturated rings. The van der Waals surface area contributed by atoms with E-state index in [4.69, 9.17) is 4.74 Å². The second kappa shape index (κ2) is 5.84. The maximum atomic E-state index is 5.16. The van der Waals surface area contributed by atoms with Crippen molar-refractivity contribution in [3.05, 3.63) is 48.6 Å². The Morgan fingerprint density at radius 3 is 3.12 bits per heavy atom. The number of methoxy groups -OCH3 is 1. The van der Waals surface area contributed by atoms with Crippen LogP contribution in [0, 0.1) is 0 Å². The fraction of sp³-hybridized carbons (Fsp3) is 0.231. The molecule has 0 radical (unpaired) electrons. The van der Waals surface area contributed by atoms with Gasteiger partial charge in [-0.25, -0.2) is 4.98 Å². The Kier molecular flexibility index (Phi) is 3.91. The highest BCUT2D eigenvalue weighted by atomic mass is 16.5. The van der Waals surface area contributed by atoms with Gasteiger partial charge >= 0.3 is 0 Å².